The highest BCUT2D eigenvalue weighted by Gasteiger charge is 2.00. The van der Waals surface area contributed by atoms with Crippen molar-refractivity contribution in [1.82, 2.24) is 0 Å². The monoisotopic (exact) mass is 178 g/mol. The highest BCUT2D eigenvalue weighted by molar-refractivity contribution is 5.25. The second-order valence-electron chi connectivity index (χ2n) is 3.33. The molecule has 0 bridgehead atoms. The molecule has 0 amide bonds. The van der Waals surface area contributed by atoms with Gasteiger partial charge in [0.15, 0.2) is 0 Å². The molecular weight excluding hydrogens is 156 g/mol. The topological polar surface area (TPSA) is 0 Å². The summed E-state index contributed by atoms with van der Waals surface area (Å²) < 4.78 is 0. The number of hydrogen-bond acceptors (Lipinski definition) is 0. The quantitative estimate of drug-likeness (QED) is 0.393. The van der Waals surface area contributed by atoms with Crippen LogP contribution in [0.3, 0.4) is 0 Å². The fourth-order valence-corrected chi connectivity index (χ4v) is 1.56. The first kappa shape index (κ1) is 12.2. The van der Waals surface area contributed by atoms with Crippen molar-refractivity contribution in [2.75, 3.05) is 0 Å². The molecule has 0 aromatic carbocycles. The van der Waals surface area contributed by atoms with Crippen molar-refractivity contribution >= 4 is 0 Å². The van der Waals surface area contributed by atoms with Crippen LogP contribution in [-0.2, 0) is 0 Å². The first-order valence-electron chi connectivity index (χ1n) is 5.24. The van der Waals surface area contributed by atoms with Crippen molar-refractivity contribution < 1.29 is 0 Å². The van der Waals surface area contributed by atoms with Gasteiger partial charge in [-0.1, -0.05) is 51.0 Å². The molecule has 0 radical (unpaired) electrons. The summed E-state index contributed by atoms with van der Waals surface area (Å²) in [6.45, 7) is 12.1. The molecule has 0 aromatic heterocycles. The molecular formula is C13H22. The highest BCUT2D eigenvalue weighted by atomic mass is 14.1. The molecule has 0 atom stereocenters. The van der Waals surface area contributed by atoms with Gasteiger partial charge in [0.1, 0.15) is 0 Å². The van der Waals surface area contributed by atoms with E-state index in [4.69, 9.17) is 0 Å². The van der Waals surface area contributed by atoms with Gasteiger partial charge < -0.3 is 0 Å². The summed E-state index contributed by atoms with van der Waals surface area (Å²) in [5, 5.41) is 0. The summed E-state index contributed by atoms with van der Waals surface area (Å²) in [6.07, 6.45) is 9.79. The Morgan fingerprint density at radius 3 is 2.08 bits per heavy atom. The summed E-state index contributed by atoms with van der Waals surface area (Å²) in [6, 6.07) is 0. The molecule has 0 nitrogen and oxygen atoms in total. The summed E-state index contributed by atoms with van der Waals surface area (Å²) in [5.41, 5.74) is 2.96. The molecule has 0 saturated heterocycles. The van der Waals surface area contributed by atoms with E-state index in [9.17, 15) is 0 Å². The Hall–Kier alpha value is -0.780. The van der Waals surface area contributed by atoms with E-state index in [0.717, 1.165) is 12.8 Å². The van der Waals surface area contributed by atoms with Crippen molar-refractivity contribution in [3.63, 3.8) is 0 Å². The molecule has 13 heavy (non-hydrogen) atoms. The molecule has 0 aliphatic rings. The Kier molecular flexibility index (Phi) is 7.38. The smallest absolute Gasteiger partial charge is 0.0136 e. The molecule has 0 saturated carbocycles. The van der Waals surface area contributed by atoms with Gasteiger partial charge in [-0.3, -0.25) is 0 Å². The molecule has 0 unspecified atom stereocenters. The van der Waals surface area contributed by atoms with Crippen LogP contribution in [0.15, 0.2) is 36.5 Å². The third kappa shape index (κ3) is 4.72. The first-order chi connectivity index (χ1) is 6.29. The van der Waals surface area contributed by atoms with E-state index in [1.807, 2.05) is 12.2 Å². The van der Waals surface area contributed by atoms with E-state index in [-0.39, 0.29) is 0 Å². The van der Waals surface area contributed by atoms with Gasteiger partial charge in [-0.2, -0.15) is 0 Å². The molecule has 0 rings (SSSR count). The Morgan fingerprint density at radius 1 is 1.08 bits per heavy atom. The number of rotatable bonds is 7. The van der Waals surface area contributed by atoms with Gasteiger partial charge in [-0.25, -0.2) is 0 Å². The predicted molar refractivity (Wildman–Crippen MR) is 61.9 cm³/mol. The van der Waals surface area contributed by atoms with Crippen molar-refractivity contribution in [3.05, 3.63) is 36.5 Å². The first-order valence-corrected chi connectivity index (χ1v) is 5.24. The normalized spacial score (nSPS) is 12.2. The molecule has 74 valence electrons. The molecule has 0 aromatic rings. The van der Waals surface area contributed by atoms with Gasteiger partial charge in [-0.15, -0.1) is 6.58 Å². The third-order valence-electron chi connectivity index (χ3n) is 2.16. The molecule has 0 aliphatic carbocycles. The van der Waals surface area contributed by atoms with Gasteiger partial charge in [0.05, 0.1) is 0 Å². The maximum Gasteiger partial charge on any atom is -0.0136 e. The zero-order chi connectivity index (χ0) is 10.1. The Balaban J connectivity index is 4.53. The zero-order valence-electron chi connectivity index (χ0n) is 9.10. The summed E-state index contributed by atoms with van der Waals surface area (Å²) in [4.78, 5) is 0. The van der Waals surface area contributed by atoms with E-state index < -0.39 is 0 Å². The van der Waals surface area contributed by atoms with Gasteiger partial charge >= 0.3 is 0 Å². The molecule has 0 heterocycles. The molecule has 0 fully saturated rings. The molecule has 0 spiro atoms. The van der Waals surface area contributed by atoms with E-state index >= 15 is 0 Å². The Labute approximate surface area is 83.0 Å². The van der Waals surface area contributed by atoms with E-state index in [0.29, 0.717) is 0 Å². The minimum Gasteiger partial charge on any atom is -0.103 e. The van der Waals surface area contributed by atoms with E-state index in [1.165, 1.54) is 30.4 Å². The van der Waals surface area contributed by atoms with Crippen LogP contribution in [-0.4, -0.2) is 0 Å². The lowest BCUT2D eigenvalue weighted by Gasteiger charge is -2.09. The van der Waals surface area contributed by atoms with Crippen molar-refractivity contribution in [3.8, 4) is 0 Å². The van der Waals surface area contributed by atoms with Crippen LogP contribution in [0.25, 0.3) is 0 Å². The van der Waals surface area contributed by atoms with E-state index in [1.54, 1.807) is 0 Å². The number of allylic oxidation sites excluding steroid dienone is 4. The lowest BCUT2D eigenvalue weighted by molar-refractivity contribution is 0.833. The Morgan fingerprint density at radius 2 is 1.69 bits per heavy atom. The summed E-state index contributed by atoms with van der Waals surface area (Å²) in [7, 11) is 0. The average Bonchev–Trinajstić information content (AvgIpc) is 2.14. The van der Waals surface area contributed by atoms with Gasteiger partial charge in [0, 0.05) is 0 Å². The highest BCUT2D eigenvalue weighted by Crippen LogP contribution is 2.20. The molecule has 0 aliphatic heterocycles. The van der Waals surface area contributed by atoms with Crippen LogP contribution >= 0.6 is 0 Å². The van der Waals surface area contributed by atoms with Crippen LogP contribution in [0.2, 0.25) is 0 Å². The standard InChI is InChI=1S/C13H22/c1-5-9-12(8-4)13(10-6-2)11-7-3/h6,8H,2,4-5,7,9-11H2,1,3H3/b13-12+. The SMILES string of the molecule is C=CC/C(CCC)=C(/C=C)CCC. The van der Waals surface area contributed by atoms with Crippen LogP contribution in [0, 0.1) is 0 Å². The van der Waals surface area contributed by atoms with Crippen LogP contribution in [0.4, 0.5) is 0 Å². The average molecular weight is 178 g/mol. The van der Waals surface area contributed by atoms with Gasteiger partial charge in [0.2, 0.25) is 0 Å². The lowest BCUT2D eigenvalue weighted by atomic mass is 9.97. The lowest BCUT2D eigenvalue weighted by Crippen LogP contribution is -1.89. The van der Waals surface area contributed by atoms with Crippen LogP contribution in [0.1, 0.15) is 46.0 Å². The minimum absolute atomic E-state index is 1.02. The van der Waals surface area contributed by atoms with Crippen molar-refractivity contribution in [2.45, 2.75) is 46.0 Å². The minimum atomic E-state index is 1.02. The van der Waals surface area contributed by atoms with Gasteiger partial charge in [0.25, 0.3) is 0 Å². The molecule has 0 N–H and O–H groups in total. The van der Waals surface area contributed by atoms with Crippen LogP contribution < -0.4 is 0 Å². The van der Waals surface area contributed by atoms with E-state index in [2.05, 4.69) is 27.0 Å². The van der Waals surface area contributed by atoms with Crippen LogP contribution in [0.5, 0.6) is 0 Å². The Bertz CT molecular complexity index is 184. The van der Waals surface area contributed by atoms with Crippen molar-refractivity contribution in [2.24, 2.45) is 0 Å². The summed E-state index contributed by atoms with van der Waals surface area (Å²) >= 11 is 0. The van der Waals surface area contributed by atoms with Gasteiger partial charge in [-0.05, 0) is 24.8 Å². The second-order valence-corrected chi connectivity index (χ2v) is 3.33. The third-order valence-corrected chi connectivity index (χ3v) is 2.16. The summed E-state index contributed by atoms with van der Waals surface area (Å²) in [5.74, 6) is 0. The fraction of sp³-hybridized carbons (Fsp3) is 0.538. The predicted octanol–water partition coefficient (Wildman–Crippen LogP) is 4.65. The molecule has 0 heteroatoms. The fourth-order valence-electron chi connectivity index (χ4n) is 1.56. The maximum atomic E-state index is 3.87. The largest absolute Gasteiger partial charge is 0.103 e. The second kappa shape index (κ2) is 7.85. The maximum absolute atomic E-state index is 3.87. The number of hydrogen-bond donors (Lipinski definition) is 0. The van der Waals surface area contributed by atoms with Crippen molar-refractivity contribution in [1.29, 1.82) is 0 Å². The zero-order valence-corrected chi connectivity index (χ0v) is 9.10.